The van der Waals surface area contributed by atoms with E-state index in [0.717, 1.165) is 4.90 Å². The molecule has 0 bridgehead atoms. The Morgan fingerprint density at radius 1 is 1.07 bits per heavy atom. The molecular formula is C12H10FNS. The molecule has 0 saturated heterocycles. The van der Waals surface area contributed by atoms with Crippen LogP contribution in [0.1, 0.15) is 5.56 Å². The Morgan fingerprint density at radius 3 is 2.60 bits per heavy atom. The summed E-state index contributed by atoms with van der Waals surface area (Å²) in [4.78, 5) is 4.91. The van der Waals surface area contributed by atoms with Gasteiger partial charge < -0.3 is 0 Å². The van der Waals surface area contributed by atoms with Crippen molar-refractivity contribution in [3.8, 4) is 0 Å². The third kappa shape index (κ3) is 2.57. The Morgan fingerprint density at radius 2 is 1.87 bits per heavy atom. The van der Waals surface area contributed by atoms with Crippen LogP contribution in [-0.4, -0.2) is 4.98 Å². The maximum Gasteiger partial charge on any atom is 0.213 e. The Balaban J connectivity index is 2.26. The lowest BCUT2D eigenvalue weighted by Crippen LogP contribution is -1.85. The molecular weight excluding hydrogens is 209 g/mol. The van der Waals surface area contributed by atoms with Crippen LogP contribution in [0.15, 0.2) is 52.4 Å². The number of pyridine rings is 1. The van der Waals surface area contributed by atoms with Gasteiger partial charge in [-0.2, -0.15) is 4.39 Å². The van der Waals surface area contributed by atoms with Crippen molar-refractivity contribution in [2.45, 2.75) is 16.8 Å². The average Bonchev–Trinajstić information content (AvgIpc) is 2.22. The first kappa shape index (κ1) is 10.2. The van der Waals surface area contributed by atoms with Crippen LogP contribution in [-0.2, 0) is 0 Å². The molecule has 1 nitrogen and oxygen atoms in total. The van der Waals surface area contributed by atoms with Crippen molar-refractivity contribution in [3.05, 3.63) is 54.0 Å². The van der Waals surface area contributed by atoms with E-state index >= 15 is 0 Å². The van der Waals surface area contributed by atoms with Crippen LogP contribution >= 0.6 is 11.8 Å². The van der Waals surface area contributed by atoms with E-state index in [2.05, 4.69) is 4.98 Å². The minimum Gasteiger partial charge on any atom is -0.213 e. The summed E-state index contributed by atoms with van der Waals surface area (Å²) in [6.45, 7) is 2.03. The van der Waals surface area contributed by atoms with Crippen LogP contribution in [0.4, 0.5) is 4.39 Å². The smallest absolute Gasteiger partial charge is 0.213 e. The predicted octanol–water partition coefficient (Wildman–Crippen LogP) is 3.68. The van der Waals surface area contributed by atoms with Crippen molar-refractivity contribution in [3.63, 3.8) is 0 Å². The molecule has 3 heteroatoms. The minimum atomic E-state index is -0.436. The quantitative estimate of drug-likeness (QED) is 0.714. The number of nitrogens with zero attached hydrogens (tertiary/aromatic N) is 1. The topological polar surface area (TPSA) is 12.9 Å². The molecule has 0 saturated carbocycles. The third-order valence-corrected chi connectivity index (χ3v) is 3.11. The number of hydrogen-bond acceptors (Lipinski definition) is 2. The van der Waals surface area contributed by atoms with E-state index in [1.165, 1.54) is 23.4 Å². The normalized spacial score (nSPS) is 10.3. The van der Waals surface area contributed by atoms with Gasteiger partial charge in [0.15, 0.2) is 0 Å². The molecule has 0 N–H and O–H groups in total. The van der Waals surface area contributed by atoms with Gasteiger partial charge in [-0.05, 0) is 30.7 Å². The number of benzene rings is 1. The zero-order valence-corrected chi connectivity index (χ0v) is 9.09. The number of aryl methyl sites for hydroxylation is 1. The molecule has 0 unspecified atom stereocenters. The van der Waals surface area contributed by atoms with Crippen LogP contribution in [0.3, 0.4) is 0 Å². The van der Waals surface area contributed by atoms with Gasteiger partial charge in [-0.25, -0.2) is 4.98 Å². The SMILES string of the molecule is Cc1ccccc1Sc1cccc(F)n1. The van der Waals surface area contributed by atoms with Crippen molar-refractivity contribution in [2.75, 3.05) is 0 Å². The van der Waals surface area contributed by atoms with Gasteiger partial charge in [0.05, 0.1) is 0 Å². The third-order valence-electron chi connectivity index (χ3n) is 2.00. The van der Waals surface area contributed by atoms with Crippen LogP contribution in [0.2, 0.25) is 0 Å². The van der Waals surface area contributed by atoms with E-state index in [1.54, 1.807) is 12.1 Å². The van der Waals surface area contributed by atoms with Crippen LogP contribution in [0.5, 0.6) is 0 Å². The van der Waals surface area contributed by atoms with Gasteiger partial charge in [0.1, 0.15) is 5.03 Å². The second-order valence-electron chi connectivity index (χ2n) is 3.17. The summed E-state index contributed by atoms with van der Waals surface area (Å²) in [5.74, 6) is -0.436. The molecule has 15 heavy (non-hydrogen) atoms. The highest BCUT2D eigenvalue weighted by Crippen LogP contribution is 2.28. The van der Waals surface area contributed by atoms with Gasteiger partial charge in [-0.15, -0.1) is 0 Å². The van der Waals surface area contributed by atoms with E-state index in [1.807, 2.05) is 31.2 Å². The van der Waals surface area contributed by atoms with Gasteiger partial charge >= 0.3 is 0 Å². The van der Waals surface area contributed by atoms with Gasteiger partial charge in [0.25, 0.3) is 0 Å². The van der Waals surface area contributed by atoms with Crippen molar-refractivity contribution in [1.29, 1.82) is 0 Å². The molecule has 0 amide bonds. The zero-order chi connectivity index (χ0) is 10.7. The van der Waals surface area contributed by atoms with Crippen LogP contribution < -0.4 is 0 Å². The lowest BCUT2D eigenvalue weighted by molar-refractivity contribution is 0.572. The molecule has 2 rings (SSSR count). The summed E-state index contributed by atoms with van der Waals surface area (Å²) in [6, 6.07) is 12.8. The first-order valence-corrected chi connectivity index (χ1v) is 5.43. The van der Waals surface area contributed by atoms with Gasteiger partial charge in [-0.3, -0.25) is 0 Å². The lowest BCUT2D eigenvalue weighted by atomic mass is 10.2. The fourth-order valence-corrected chi connectivity index (χ4v) is 2.11. The highest BCUT2D eigenvalue weighted by molar-refractivity contribution is 7.99. The number of hydrogen-bond donors (Lipinski definition) is 0. The first-order chi connectivity index (χ1) is 7.25. The fourth-order valence-electron chi connectivity index (χ4n) is 1.23. The maximum absolute atomic E-state index is 12.8. The lowest BCUT2D eigenvalue weighted by Gasteiger charge is -2.03. The second-order valence-corrected chi connectivity index (χ2v) is 4.23. The fraction of sp³-hybridized carbons (Fsp3) is 0.0833. The highest BCUT2D eigenvalue weighted by atomic mass is 32.2. The Labute approximate surface area is 92.4 Å². The van der Waals surface area contributed by atoms with E-state index in [0.29, 0.717) is 5.03 Å². The average molecular weight is 219 g/mol. The van der Waals surface area contributed by atoms with Crippen molar-refractivity contribution < 1.29 is 4.39 Å². The molecule has 2 aromatic rings. The minimum absolute atomic E-state index is 0.436. The van der Waals surface area contributed by atoms with Crippen molar-refractivity contribution in [2.24, 2.45) is 0 Å². The van der Waals surface area contributed by atoms with E-state index in [4.69, 9.17) is 0 Å². The first-order valence-electron chi connectivity index (χ1n) is 4.62. The van der Waals surface area contributed by atoms with E-state index in [-0.39, 0.29) is 0 Å². The molecule has 0 spiro atoms. The second kappa shape index (κ2) is 4.45. The number of halogens is 1. The highest BCUT2D eigenvalue weighted by Gasteiger charge is 2.02. The van der Waals surface area contributed by atoms with E-state index in [9.17, 15) is 4.39 Å². The molecule has 0 aliphatic carbocycles. The summed E-state index contributed by atoms with van der Waals surface area (Å²) < 4.78 is 12.8. The molecule has 0 aliphatic heterocycles. The zero-order valence-electron chi connectivity index (χ0n) is 8.27. The summed E-state index contributed by atoms with van der Waals surface area (Å²) in [6.07, 6.45) is 0. The maximum atomic E-state index is 12.8. The molecule has 0 radical (unpaired) electrons. The van der Waals surface area contributed by atoms with Crippen LogP contribution in [0, 0.1) is 12.9 Å². The molecule has 0 aliphatic rings. The number of rotatable bonds is 2. The molecule has 0 fully saturated rings. The van der Waals surface area contributed by atoms with Gasteiger partial charge in [0, 0.05) is 4.90 Å². The van der Waals surface area contributed by atoms with Crippen molar-refractivity contribution in [1.82, 2.24) is 4.98 Å². The summed E-state index contributed by atoms with van der Waals surface area (Å²) in [5.41, 5.74) is 1.17. The van der Waals surface area contributed by atoms with Crippen molar-refractivity contribution >= 4 is 11.8 Å². The standard InChI is InChI=1S/C12H10FNS/c1-9-5-2-3-6-10(9)15-12-8-4-7-11(13)14-12/h2-8H,1H3. The Bertz CT molecular complexity index is 471. The van der Waals surface area contributed by atoms with Gasteiger partial charge in [-0.1, -0.05) is 36.0 Å². The molecule has 1 aromatic heterocycles. The summed E-state index contributed by atoms with van der Waals surface area (Å²) >= 11 is 1.48. The van der Waals surface area contributed by atoms with E-state index < -0.39 is 5.95 Å². The summed E-state index contributed by atoms with van der Waals surface area (Å²) in [7, 11) is 0. The molecule has 76 valence electrons. The number of aromatic nitrogens is 1. The molecule has 1 aromatic carbocycles. The predicted molar refractivity (Wildman–Crippen MR) is 59.5 cm³/mol. The van der Waals surface area contributed by atoms with Gasteiger partial charge in [0.2, 0.25) is 5.95 Å². The Kier molecular flexibility index (Phi) is 3.02. The monoisotopic (exact) mass is 219 g/mol. The largest absolute Gasteiger partial charge is 0.213 e. The summed E-state index contributed by atoms with van der Waals surface area (Å²) in [5, 5.41) is 0.685. The van der Waals surface area contributed by atoms with Crippen LogP contribution in [0.25, 0.3) is 0 Å². The molecule has 1 heterocycles. The molecule has 0 atom stereocenters. The Hall–Kier alpha value is -1.35.